The van der Waals surface area contributed by atoms with Gasteiger partial charge in [0.2, 0.25) is 11.8 Å². The van der Waals surface area contributed by atoms with Crippen LogP contribution in [-0.4, -0.2) is 66.3 Å². The van der Waals surface area contributed by atoms with Crippen molar-refractivity contribution in [1.29, 1.82) is 0 Å². The Morgan fingerprint density at radius 3 is 2.76 bits per heavy atom. The molecule has 0 radical (unpaired) electrons. The second-order valence-corrected chi connectivity index (χ2v) is 9.37. The zero-order valence-electron chi connectivity index (χ0n) is 20.1. The van der Waals surface area contributed by atoms with E-state index in [1.807, 2.05) is 19.1 Å². The Morgan fingerprint density at radius 1 is 1.21 bits per heavy atom. The van der Waals surface area contributed by atoms with Crippen LogP contribution in [0.3, 0.4) is 0 Å². The van der Waals surface area contributed by atoms with Gasteiger partial charge in [0.1, 0.15) is 12.3 Å². The molecule has 1 aromatic rings. The van der Waals surface area contributed by atoms with Crippen LogP contribution in [0.4, 0.5) is 0 Å². The Balaban J connectivity index is 1.68. The number of benzene rings is 1. The highest BCUT2D eigenvalue weighted by atomic mass is 16.3. The fraction of sp³-hybridized carbons (Fsp3) is 0.680. The number of carbonyl (C=O) groups is 2. The van der Waals surface area contributed by atoms with Crippen LogP contribution in [0.5, 0.6) is 0 Å². The smallest absolute Gasteiger partial charge is 0.243 e. The van der Waals surface area contributed by atoms with Crippen molar-refractivity contribution in [3.05, 3.63) is 35.4 Å². The van der Waals surface area contributed by atoms with Crippen LogP contribution in [0.2, 0.25) is 0 Å². The van der Waals surface area contributed by atoms with Crippen molar-refractivity contribution in [1.82, 2.24) is 20.9 Å². The molecule has 1 saturated heterocycles. The van der Waals surface area contributed by atoms with Crippen LogP contribution in [-0.2, 0) is 16.0 Å². The molecule has 33 heavy (non-hydrogen) atoms. The van der Waals surface area contributed by atoms with Gasteiger partial charge in [-0.15, -0.1) is 0 Å². The van der Waals surface area contributed by atoms with Gasteiger partial charge in [-0.1, -0.05) is 30.7 Å². The molecule has 2 amide bonds. The Hall–Kier alpha value is -2.00. The number of rotatable bonds is 11. The van der Waals surface area contributed by atoms with Gasteiger partial charge in [-0.05, 0) is 76.6 Å². The third-order valence-corrected chi connectivity index (χ3v) is 7.07. The van der Waals surface area contributed by atoms with Crippen LogP contribution >= 0.6 is 0 Å². The first-order valence-corrected chi connectivity index (χ1v) is 12.5. The van der Waals surface area contributed by atoms with Crippen molar-refractivity contribution in [3.8, 4) is 0 Å². The Labute approximate surface area is 197 Å². The number of aliphatic hydroxyl groups is 1. The lowest BCUT2D eigenvalue weighted by Gasteiger charge is -2.33. The molecule has 1 aliphatic heterocycles. The summed E-state index contributed by atoms with van der Waals surface area (Å²) in [5.74, 6) is -0.191. The van der Waals surface area contributed by atoms with Gasteiger partial charge in [-0.25, -0.2) is 0 Å². The Bertz CT molecular complexity index is 789. The summed E-state index contributed by atoms with van der Waals surface area (Å²) in [4.78, 5) is 28.5. The molecule has 1 aliphatic carbocycles. The minimum atomic E-state index is -0.865. The molecule has 6 N–H and O–H groups in total. The lowest BCUT2D eigenvalue weighted by Crippen LogP contribution is -2.57. The highest BCUT2D eigenvalue weighted by molar-refractivity contribution is 5.90. The molecule has 0 bridgehead atoms. The number of hydrogen-bond acceptors (Lipinski definition) is 6. The summed E-state index contributed by atoms with van der Waals surface area (Å²) in [5.41, 5.74) is 8.13. The molecule has 2 aliphatic rings. The molecular weight excluding hydrogens is 418 g/mol. The van der Waals surface area contributed by atoms with E-state index >= 15 is 0 Å². The van der Waals surface area contributed by atoms with Crippen LogP contribution < -0.4 is 21.7 Å². The predicted molar refractivity (Wildman–Crippen MR) is 129 cm³/mol. The van der Waals surface area contributed by atoms with E-state index in [0.29, 0.717) is 25.9 Å². The monoisotopic (exact) mass is 459 g/mol. The van der Waals surface area contributed by atoms with Crippen LogP contribution in [0.25, 0.3) is 0 Å². The molecule has 8 heteroatoms. The lowest BCUT2D eigenvalue weighted by molar-refractivity contribution is -0.141. The number of hydrogen-bond donors (Lipinski definition) is 5. The second kappa shape index (κ2) is 12.5. The molecule has 1 unspecified atom stereocenters. The summed E-state index contributed by atoms with van der Waals surface area (Å²) in [6.45, 7) is 2.98. The van der Waals surface area contributed by atoms with Crippen molar-refractivity contribution < 1.29 is 14.7 Å². The number of nitrogens with zero attached hydrogens (tertiary/aromatic N) is 1. The summed E-state index contributed by atoms with van der Waals surface area (Å²) < 4.78 is 0. The molecule has 3 rings (SSSR count). The molecule has 5 atom stereocenters. The van der Waals surface area contributed by atoms with Crippen LogP contribution in [0, 0.1) is 0 Å². The molecule has 1 heterocycles. The average Bonchev–Trinajstić information content (AvgIpc) is 3.33. The lowest BCUT2D eigenvalue weighted by atomic mass is 9.87. The molecular formula is C25H41N5O3. The molecule has 1 fully saturated rings. The minimum absolute atomic E-state index is 0.00298. The summed E-state index contributed by atoms with van der Waals surface area (Å²) >= 11 is 0. The predicted octanol–water partition coefficient (Wildman–Crippen LogP) is 1.18. The van der Waals surface area contributed by atoms with E-state index in [0.717, 1.165) is 38.5 Å². The maximum atomic E-state index is 13.5. The number of fused-ring (bicyclic) bond motifs is 1. The number of carbonyl (C=O) groups excluding carboxylic acids is 2. The SMILES string of the molecule is CN[C@@H](C)C(O)N[C@@H](CCCCN)C(=O)N1CCC[C@H]1C(=O)N[C@@H]1CCCc2ccccc21. The van der Waals surface area contributed by atoms with Crippen molar-refractivity contribution >= 4 is 11.8 Å². The van der Waals surface area contributed by atoms with E-state index < -0.39 is 18.3 Å². The first kappa shape index (κ1) is 25.6. The van der Waals surface area contributed by atoms with Gasteiger partial charge in [0.05, 0.1) is 12.1 Å². The highest BCUT2D eigenvalue weighted by Gasteiger charge is 2.38. The average molecular weight is 460 g/mol. The number of likely N-dealkylation sites (N-methyl/N-ethyl adjacent to an activating group) is 1. The fourth-order valence-electron chi connectivity index (χ4n) is 4.95. The van der Waals surface area contributed by atoms with E-state index in [9.17, 15) is 14.7 Å². The molecule has 0 spiro atoms. The third kappa shape index (κ3) is 6.53. The number of nitrogens with two attached hydrogens (primary N) is 1. The minimum Gasteiger partial charge on any atom is -0.377 e. The topological polar surface area (TPSA) is 120 Å². The Morgan fingerprint density at radius 2 is 2.00 bits per heavy atom. The van der Waals surface area contributed by atoms with Crippen molar-refractivity contribution in [2.45, 2.75) is 88.7 Å². The number of unbranched alkanes of at least 4 members (excludes halogenated alkanes) is 1. The summed E-state index contributed by atoms with van der Waals surface area (Å²) in [5, 5.41) is 19.8. The maximum absolute atomic E-state index is 13.5. The normalized spacial score (nSPS) is 23.0. The van der Waals surface area contributed by atoms with Gasteiger partial charge in [0, 0.05) is 12.6 Å². The number of likely N-dealkylation sites (tertiary alicyclic amines) is 1. The first-order chi connectivity index (χ1) is 16.0. The van der Waals surface area contributed by atoms with E-state index in [2.05, 4.69) is 28.1 Å². The number of nitrogens with one attached hydrogen (secondary N) is 3. The van der Waals surface area contributed by atoms with Crippen molar-refractivity contribution in [2.75, 3.05) is 20.1 Å². The van der Waals surface area contributed by atoms with Gasteiger partial charge in [0.15, 0.2) is 0 Å². The third-order valence-electron chi connectivity index (χ3n) is 7.07. The van der Waals surface area contributed by atoms with Gasteiger partial charge in [0.25, 0.3) is 0 Å². The zero-order valence-corrected chi connectivity index (χ0v) is 20.1. The van der Waals surface area contributed by atoms with E-state index in [4.69, 9.17) is 5.73 Å². The van der Waals surface area contributed by atoms with Gasteiger partial charge in [-0.3, -0.25) is 14.9 Å². The molecule has 184 valence electrons. The van der Waals surface area contributed by atoms with E-state index in [1.54, 1.807) is 11.9 Å². The Kier molecular flexibility index (Phi) is 9.67. The largest absolute Gasteiger partial charge is 0.377 e. The molecule has 0 aromatic heterocycles. The second-order valence-electron chi connectivity index (χ2n) is 9.37. The summed E-state index contributed by atoms with van der Waals surface area (Å²) in [7, 11) is 1.77. The van der Waals surface area contributed by atoms with Gasteiger partial charge >= 0.3 is 0 Å². The highest BCUT2D eigenvalue weighted by Crippen LogP contribution is 2.30. The molecule has 0 saturated carbocycles. The van der Waals surface area contributed by atoms with Gasteiger partial charge in [-0.2, -0.15) is 0 Å². The quantitative estimate of drug-likeness (QED) is 0.250. The molecule has 8 nitrogen and oxygen atoms in total. The van der Waals surface area contributed by atoms with Crippen LogP contribution in [0.15, 0.2) is 24.3 Å². The standard InChI is InChI=1S/C25H41N5O3/c1-17(27-2)23(31)29-21(12-5-6-15-26)25(33)30-16-8-14-22(30)24(32)28-20-13-7-10-18-9-3-4-11-19(18)20/h3-4,9,11,17,20-23,27,29,31H,5-8,10,12-16,26H2,1-2H3,(H,28,32)/t17-,20+,21-,22-,23?/m0/s1. The van der Waals surface area contributed by atoms with Gasteiger partial charge < -0.3 is 26.4 Å². The summed E-state index contributed by atoms with van der Waals surface area (Å²) in [6, 6.07) is 7.06. The zero-order chi connectivity index (χ0) is 23.8. The molecule has 1 aromatic carbocycles. The number of amides is 2. The number of aliphatic hydroxyl groups excluding tert-OH is 1. The number of aryl methyl sites for hydroxylation is 1. The van der Waals surface area contributed by atoms with E-state index in [-0.39, 0.29) is 23.9 Å². The van der Waals surface area contributed by atoms with Crippen molar-refractivity contribution in [2.24, 2.45) is 5.73 Å². The fourth-order valence-corrected chi connectivity index (χ4v) is 4.95. The summed E-state index contributed by atoms with van der Waals surface area (Å²) in [6.07, 6.45) is 5.77. The maximum Gasteiger partial charge on any atom is 0.243 e. The van der Waals surface area contributed by atoms with E-state index in [1.165, 1.54) is 11.1 Å². The van der Waals surface area contributed by atoms with Crippen molar-refractivity contribution in [3.63, 3.8) is 0 Å². The first-order valence-electron chi connectivity index (χ1n) is 12.5. The van der Waals surface area contributed by atoms with Crippen LogP contribution in [0.1, 0.15) is 69.0 Å².